The summed E-state index contributed by atoms with van der Waals surface area (Å²) in [5.41, 5.74) is 5.56. The number of hydrogen-bond donors (Lipinski definition) is 1. The number of H-pyrrole nitrogens is 1. The van der Waals surface area contributed by atoms with Gasteiger partial charge in [0.15, 0.2) is 0 Å². The van der Waals surface area contributed by atoms with Gasteiger partial charge in [0.05, 0.1) is 17.2 Å². The van der Waals surface area contributed by atoms with Crippen LogP contribution in [0.25, 0.3) is 27.8 Å². The van der Waals surface area contributed by atoms with Crippen LogP contribution in [0.5, 0.6) is 0 Å². The SMILES string of the molecule is CN1CCCCC1.O=Cc1ccc2ncn(-c3ccc(-c4cn[nH]c4)cc3)c2c1. The van der Waals surface area contributed by atoms with Gasteiger partial charge in [-0.2, -0.15) is 5.10 Å². The first kappa shape index (κ1) is 19.1. The highest BCUT2D eigenvalue weighted by molar-refractivity contribution is 5.86. The van der Waals surface area contributed by atoms with E-state index in [1.54, 1.807) is 18.6 Å². The van der Waals surface area contributed by atoms with Gasteiger partial charge in [0.25, 0.3) is 0 Å². The van der Waals surface area contributed by atoms with Gasteiger partial charge in [-0.25, -0.2) is 4.98 Å². The van der Waals surface area contributed by atoms with Crippen LogP contribution in [-0.2, 0) is 0 Å². The largest absolute Gasteiger partial charge is 0.306 e. The Morgan fingerprint density at radius 2 is 1.79 bits per heavy atom. The van der Waals surface area contributed by atoms with Crippen LogP contribution in [0.4, 0.5) is 0 Å². The number of carbonyl (C=O) groups excluding carboxylic acids is 1. The maximum atomic E-state index is 11.0. The van der Waals surface area contributed by atoms with Gasteiger partial charge in [-0.3, -0.25) is 14.5 Å². The number of benzene rings is 2. The molecule has 0 radical (unpaired) electrons. The summed E-state index contributed by atoms with van der Waals surface area (Å²) in [6, 6.07) is 13.6. The third-order valence-corrected chi connectivity index (χ3v) is 5.26. The first-order valence-corrected chi connectivity index (χ1v) is 9.95. The first-order chi connectivity index (χ1) is 14.2. The molecule has 0 amide bonds. The fourth-order valence-corrected chi connectivity index (χ4v) is 3.58. The number of fused-ring (bicyclic) bond motifs is 1. The van der Waals surface area contributed by atoms with Crippen LogP contribution in [0.3, 0.4) is 0 Å². The summed E-state index contributed by atoms with van der Waals surface area (Å²) in [6.07, 6.45) is 10.5. The Morgan fingerprint density at radius 1 is 1.00 bits per heavy atom. The fraction of sp³-hybridized carbons (Fsp3) is 0.261. The number of imidazole rings is 1. The van der Waals surface area contributed by atoms with Crippen molar-refractivity contribution in [2.24, 2.45) is 0 Å². The lowest BCUT2D eigenvalue weighted by Crippen LogP contribution is -2.24. The number of aromatic nitrogens is 4. The van der Waals surface area contributed by atoms with Crippen molar-refractivity contribution in [1.82, 2.24) is 24.6 Å². The average Bonchev–Trinajstić information content (AvgIpc) is 3.45. The molecule has 0 unspecified atom stereocenters. The summed E-state index contributed by atoms with van der Waals surface area (Å²) in [5, 5.41) is 6.77. The van der Waals surface area contributed by atoms with E-state index in [0.717, 1.165) is 34.1 Å². The molecule has 148 valence electrons. The number of rotatable bonds is 3. The van der Waals surface area contributed by atoms with E-state index in [0.29, 0.717) is 5.56 Å². The topological polar surface area (TPSA) is 66.8 Å². The predicted octanol–water partition coefficient (Wildman–Crippen LogP) is 4.33. The van der Waals surface area contributed by atoms with Crippen molar-refractivity contribution in [3.63, 3.8) is 0 Å². The van der Waals surface area contributed by atoms with E-state index in [4.69, 9.17) is 0 Å². The summed E-state index contributed by atoms with van der Waals surface area (Å²) >= 11 is 0. The van der Waals surface area contributed by atoms with Gasteiger partial charge < -0.3 is 4.90 Å². The lowest BCUT2D eigenvalue weighted by molar-refractivity contribution is 0.112. The normalized spacial score (nSPS) is 14.4. The van der Waals surface area contributed by atoms with E-state index in [9.17, 15) is 4.79 Å². The summed E-state index contributed by atoms with van der Waals surface area (Å²) in [6.45, 7) is 2.64. The molecule has 0 atom stereocenters. The van der Waals surface area contributed by atoms with Crippen LogP contribution in [0.1, 0.15) is 29.6 Å². The van der Waals surface area contributed by atoms with Crippen molar-refractivity contribution in [3.05, 3.63) is 66.7 Å². The molecule has 1 N–H and O–H groups in total. The van der Waals surface area contributed by atoms with Crippen molar-refractivity contribution in [3.8, 4) is 16.8 Å². The lowest BCUT2D eigenvalue weighted by Gasteiger charge is -2.20. The van der Waals surface area contributed by atoms with Crippen LogP contribution in [-0.4, -0.2) is 51.1 Å². The van der Waals surface area contributed by atoms with Crippen molar-refractivity contribution in [2.45, 2.75) is 19.3 Å². The maximum absolute atomic E-state index is 11.0. The number of likely N-dealkylation sites (tertiary alicyclic amines) is 1. The minimum absolute atomic E-state index is 0.643. The Morgan fingerprint density at radius 3 is 2.41 bits per heavy atom. The van der Waals surface area contributed by atoms with Gasteiger partial charge in [-0.1, -0.05) is 18.6 Å². The van der Waals surface area contributed by atoms with Crippen LogP contribution >= 0.6 is 0 Å². The standard InChI is InChI=1S/C17H12N4O.C6H13N/c22-10-12-1-6-16-17(7-12)21(11-18-16)15-4-2-13(3-5-15)14-8-19-20-9-14;1-7-5-3-2-4-6-7/h1-11H,(H,19,20);2-6H2,1H3. The average molecular weight is 387 g/mol. The number of aromatic amines is 1. The molecule has 3 heterocycles. The second-order valence-electron chi connectivity index (χ2n) is 7.38. The molecule has 1 aliphatic heterocycles. The predicted molar refractivity (Wildman–Crippen MR) is 115 cm³/mol. The van der Waals surface area contributed by atoms with Crippen LogP contribution in [0.2, 0.25) is 0 Å². The van der Waals surface area contributed by atoms with E-state index in [1.807, 2.05) is 47.2 Å². The molecule has 4 aromatic rings. The molecule has 6 heteroatoms. The first-order valence-electron chi connectivity index (χ1n) is 9.95. The van der Waals surface area contributed by atoms with Crippen LogP contribution in [0, 0.1) is 0 Å². The monoisotopic (exact) mass is 387 g/mol. The van der Waals surface area contributed by atoms with Gasteiger partial charge >= 0.3 is 0 Å². The summed E-state index contributed by atoms with van der Waals surface area (Å²) in [4.78, 5) is 17.7. The number of carbonyl (C=O) groups is 1. The van der Waals surface area contributed by atoms with Gasteiger partial charge in [-0.05, 0) is 68.9 Å². The molecule has 2 aromatic carbocycles. The molecule has 2 aromatic heterocycles. The fourth-order valence-electron chi connectivity index (χ4n) is 3.58. The molecule has 1 aliphatic rings. The highest BCUT2D eigenvalue weighted by Crippen LogP contribution is 2.23. The Labute approximate surface area is 170 Å². The maximum Gasteiger partial charge on any atom is 0.150 e. The zero-order valence-electron chi connectivity index (χ0n) is 16.6. The Kier molecular flexibility index (Phi) is 5.81. The molecule has 1 fully saturated rings. The lowest BCUT2D eigenvalue weighted by atomic mass is 10.1. The molecule has 6 nitrogen and oxygen atoms in total. The summed E-state index contributed by atoms with van der Waals surface area (Å²) < 4.78 is 1.97. The van der Waals surface area contributed by atoms with Crippen molar-refractivity contribution in [2.75, 3.05) is 20.1 Å². The highest BCUT2D eigenvalue weighted by Gasteiger charge is 2.06. The van der Waals surface area contributed by atoms with Gasteiger partial charge in [-0.15, -0.1) is 0 Å². The number of nitrogens with one attached hydrogen (secondary N) is 1. The third-order valence-electron chi connectivity index (χ3n) is 5.26. The van der Waals surface area contributed by atoms with E-state index < -0.39 is 0 Å². The summed E-state index contributed by atoms with van der Waals surface area (Å²) in [5.74, 6) is 0. The Balaban J connectivity index is 0.000000249. The number of hydrogen-bond acceptors (Lipinski definition) is 4. The minimum Gasteiger partial charge on any atom is -0.306 e. The number of nitrogens with zero attached hydrogens (tertiary/aromatic N) is 4. The second kappa shape index (κ2) is 8.84. The molecule has 5 rings (SSSR count). The Bertz CT molecular complexity index is 1060. The zero-order chi connectivity index (χ0) is 20.1. The molecule has 0 bridgehead atoms. The quantitative estimate of drug-likeness (QED) is 0.531. The van der Waals surface area contributed by atoms with E-state index >= 15 is 0 Å². The molecule has 0 aliphatic carbocycles. The molecule has 0 saturated carbocycles. The number of aldehydes is 1. The Hall–Kier alpha value is -3.25. The zero-order valence-corrected chi connectivity index (χ0v) is 16.6. The van der Waals surface area contributed by atoms with E-state index in [1.165, 1.54) is 32.4 Å². The van der Waals surface area contributed by atoms with E-state index in [-0.39, 0.29) is 0 Å². The molecular formula is C23H25N5O. The third kappa shape index (κ3) is 4.43. The summed E-state index contributed by atoms with van der Waals surface area (Å²) in [7, 11) is 2.19. The smallest absolute Gasteiger partial charge is 0.150 e. The molecule has 0 spiro atoms. The van der Waals surface area contributed by atoms with Crippen LogP contribution in [0.15, 0.2) is 61.2 Å². The van der Waals surface area contributed by atoms with E-state index in [2.05, 4.69) is 27.1 Å². The van der Waals surface area contributed by atoms with Crippen LogP contribution < -0.4 is 0 Å². The van der Waals surface area contributed by atoms with Gasteiger partial charge in [0, 0.05) is 23.0 Å². The molecule has 1 saturated heterocycles. The molecular weight excluding hydrogens is 362 g/mol. The minimum atomic E-state index is 0.643. The highest BCUT2D eigenvalue weighted by atomic mass is 16.1. The van der Waals surface area contributed by atoms with Gasteiger partial charge in [0.1, 0.15) is 12.6 Å². The number of piperidine rings is 1. The van der Waals surface area contributed by atoms with Crippen molar-refractivity contribution in [1.29, 1.82) is 0 Å². The van der Waals surface area contributed by atoms with Crippen molar-refractivity contribution < 1.29 is 4.79 Å². The van der Waals surface area contributed by atoms with Gasteiger partial charge in [0.2, 0.25) is 0 Å². The van der Waals surface area contributed by atoms with Crippen molar-refractivity contribution >= 4 is 17.3 Å². The second-order valence-corrected chi connectivity index (χ2v) is 7.38. The molecule has 29 heavy (non-hydrogen) atoms.